The molecule has 0 aliphatic carbocycles. The van der Waals surface area contributed by atoms with E-state index in [1.165, 1.54) is 52.0 Å². The first-order valence-electron chi connectivity index (χ1n) is 7.06. The van der Waals surface area contributed by atoms with Gasteiger partial charge in [0.25, 0.3) is 0 Å². The van der Waals surface area contributed by atoms with Crippen molar-refractivity contribution in [2.45, 2.75) is 33.1 Å². The Morgan fingerprint density at radius 3 is 2.25 bits per heavy atom. The molecule has 94 valence electrons. The predicted molar refractivity (Wildman–Crippen MR) is 69.6 cm³/mol. The number of hydrogen-bond acceptors (Lipinski definition) is 2. The van der Waals surface area contributed by atoms with Gasteiger partial charge in [0.2, 0.25) is 0 Å². The van der Waals surface area contributed by atoms with Crippen LogP contribution in [-0.2, 0) is 0 Å². The zero-order valence-electron chi connectivity index (χ0n) is 11.3. The summed E-state index contributed by atoms with van der Waals surface area (Å²) < 4.78 is 0. The van der Waals surface area contributed by atoms with Gasteiger partial charge in [0.05, 0.1) is 0 Å². The van der Waals surface area contributed by atoms with Gasteiger partial charge < -0.3 is 9.80 Å². The Morgan fingerprint density at radius 2 is 1.75 bits per heavy atom. The highest BCUT2D eigenvalue weighted by atomic mass is 15.2. The summed E-state index contributed by atoms with van der Waals surface area (Å²) in [6.07, 6.45) is 4.28. The molecule has 2 nitrogen and oxygen atoms in total. The Kier molecular flexibility index (Phi) is 4.26. The molecular formula is C14H28N2. The summed E-state index contributed by atoms with van der Waals surface area (Å²) in [4.78, 5) is 5.19. The van der Waals surface area contributed by atoms with Gasteiger partial charge in [-0.3, -0.25) is 0 Å². The van der Waals surface area contributed by atoms with Crippen LogP contribution in [0.1, 0.15) is 33.1 Å². The highest BCUT2D eigenvalue weighted by molar-refractivity contribution is 4.80. The standard InChI is InChI=1S/C14H28N2/c1-12(2)14-5-8-16(9-6-14)11-13-4-7-15(3)10-13/h12-14H,4-11H2,1-3H3. The monoisotopic (exact) mass is 224 g/mol. The van der Waals surface area contributed by atoms with E-state index < -0.39 is 0 Å². The SMILES string of the molecule is CC(C)C1CCN(CC2CCN(C)C2)CC1. The minimum absolute atomic E-state index is 0.889. The van der Waals surface area contributed by atoms with Crippen molar-refractivity contribution in [1.82, 2.24) is 9.80 Å². The van der Waals surface area contributed by atoms with Crippen molar-refractivity contribution in [2.24, 2.45) is 17.8 Å². The van der Waals surface area contributed by atoms with Crippen LogP contribution in [0.5, 0.6) is 0 Å². The van der Waals surface area contributed by atoms with Gasteiger partial charge in [-0.15, -0.1) is 0 Å². The van der Waals surface area contributed by atoms with Crippen molar-refractivity contribution < 1.29 is 0 Å². The first kappa shape index (κ1) is 12.4. The van der Waals surface area contributed by atoms with Crippen LogP contribution in [0.15, 0.2) is 0 Å². The molecule has 2 heteroatoms. The van der Waals surface area contributed by atoms with Gasteiger partial charge in [-0.25, -0.2) is 0 Å². The molecule has 0 bridgehead atoms. The van der Waals surface area contributed by atoms with E-state index in [0.717, 1.165) is 17.8 Å². The van der Waals surface area contributed by atoms with E-state index in [2.05, 4.69) is 30.7 Å². The van der Waals surface area contributed by atoms with Crippen LogP contribution in [0.3, 0.4) is 0 Å². The van der Waals surface area contributed by atoms with Crippen molar-refractivity contribution in [1.29, 1.82) is 0 Å². The summed E-state index contributed by atoms with van der Waals surface area (Å²) in [7, 11) is 2.25. The highest BCUT2D eigenvalue weighted by Gasteiger charge is 2.25. The Hall–Kier alpha value is -0.0800. The Bertz CT molecular complexity index is 207. The molecule has 0 saturated carbocycles. The topological polar surface area (TPSA) is 6.48 Å². The van der Waals surface area contributed by atoms with Crippen LogP contribution < -0.4 is 0 Å². The zero-order chi connectivity index (χ0) is 11.5. The van der Waals surface area contributed by atoms with Gasteiger partial charge in [-0.2, -0.15) is 0 Å². The lowest BCUT2D eigenvalue weighted by Gasteiger charge is -2.35. The number of nitrogens with zero attached hydrogens (tertiary/aromatic N) is 2. The van der Waals surface area contributed by atoms with Crippen molar-refractivity contribution >= 4 is 0 Å². The summed E-state index contributed by atoms with van der Waals surface area (Å²) in [5.41, 5.74) is 0. The molecule has 0 amide bonds. The first-order chi connectivity index (χ1) is 7.65. The molecule has 2 heterocycles. The molecule has 0 aromatic rings. The average molecular weight is 224 g/mol. The molecule has 0 radical (unpaired) electrons. The molecule has 0 N–H and O–H groups in total. The summed E-state index contributed by atoms with van der Waals surface area (Å²) in [6.45, 7) is 11.5. The lowest BCUT2D eigenvalue weighted by atomic mass is 9.86. The highest BCUT2D eigenvalue weighted by Crippen LogP contribution is 2.25. The van der Waals surface area contributed by atoms with E-state index >= 15 is 0 Å². The van der Waals surface area contributed by atoms with E-state index in [0.29, 0.717) is 0 Å². The summed E-state index contributed by atoms with van der Waals surface area (Å²) in [5.74, 6) is 2.82. The molecule has 2 fully saturated rings. The minimum atomic E-state index is 0.889. The molecule has 0 aromatic carbocycles. The molecular weight excluding hydrogens is 196 g/mol. The summed E-state index contributed by atoms with van der Waals surface area (Å²) in [6, 6.07) is 0. The third-order valence-electron chi connectivity index (χ3n) is 4.58. The van der Waals surface area contributed by atoms with Gasteiger partial charge in [-0.05, 0) is 63.7 Å². The van der Waals surface area contributed by atoms with E-state index in [-0.39, 0.29) is 0 Å². The van der Waals surface area contributed by atoms with Gasteiger partial charge >= 0.3 is 0 Å². The summed E-state index contributed by atoms with van der Waals surface area (Å²) >= 11 is 0. The van der Waals surface area contributed by atoms with Crippen LogP contribution in [0.4, 0.5) is 0 Å². The lowest BCUT2D eigenvalue weighted by molar-refractivity contribution is 0.140. The fraction of sp³-hybridized carbons (Fsp3) is 1.00. The maximum absolute atomic E-state index is 2.71. The van der Waals surface area contributed by atoms with E-state index in [1.807, 2.05) is 0 Å². The number of likely N-dealkylation sites (tertiary alicyclic amines) is 2. The molecule has 2 rings (SSSR count). The zero-order valence-corrected chi connectivity index (χ0v) is 11.3. The number of hydrogen-bond donors (Lipinski definition) is 0. The predicted octanol–water partition coefficient (Wildman–Crippen LogP) is 2.31. The maximum Gasteiger partial charge on any atom is 0.00224 e. The van der Waals surface area contributed by atoms with Crippen LogP contribution in [0, 0.1) is 17.8 Å². The van der Waals surface area contributed by atoms with Gasteiger partial charge in [0, 0.05) is 13.1 Å². The molecule has 16 heavy (non-hydrogen) atoms. The van der Waals surface area contributed by atoms with Crippen molar-refractivity contribution in [2.75, 3.05) is 39.8 Å². The first-order valence-corrected chi connectivity index (χ1v) is 7.06. The van der Waals surface area contributed by atoms with Crippen molar-refractivity contribution in [3.63, 3.8) is 0 Å². The lowest BCUT2D eigenvalue weighted by Crippen LogP contribution is -2.38. The average Bonchev–Trinajstić information content (AvgIpc) is 2.65. The van der Waals surface area contributed by atoms with Crippen LogP contribution in [0.2, 0.25) is 0 Å². The second-order valence-electron chi connectivity index (χ2n) is 6.30. The molecule has 0 aromatic heterocycles. The fourth-order valence-electron chi connectivity index (χ4n) is 3.34. The largest absolute Gasteiger partial charge is 0.306 e. The van der Waals surface area contributed by atoms with Crippen molar-refractivity contribution in [3.8, 4) is 0 Å². The van der Waals surface area contributed by atoms with Gasteiger partial charge in [-0.1, -0.05) is 13.8 Å². The molecule has 1 unspecified atom stereocenters. The normalized spacial score (nSPS) is 30.4. The third-order valence-corrected chi connectivity index (χ3v) is 4.58. The van der Waals surface area contributed by atoms with Crippen LogP contribution >= 0.6 is 0 Å². The molecule has 0 spiro atoms. The molecule has 2 aliphatic heterocycles. The number of rotatable bonds is 3. The van der Waals surface area contributed by atoms with E-state index in [1.54, 1.807) is 0 Å². The Balaban J connectivity index is 1.69. The Labute approximate surface area is 101 Å². The molecule has 1 atom stereocenters. The van der Waals surface area contributed by atoms with E-state index in [9.17, 15) is 0 Å². The smallest absolute Gasteiger partial charge is 0.00224 e. The molecule has 2 aliphatic rings. The fourth-order valence-corrected chi connectivity index (χ4v) is 3.34. The second-order valence-corrected chi connectivity index (χ2v) is 6.30. The van der Waals surface area contributed by atoms with E-state index in [4.69, 9.17) is 0 Å². The number of piperidine rings is 1. The van der Waals surface area contributed by atoms with Gasteiger partial charge in [0.15, 0.2) is 0 Å². The summed E-state index contributed by atoms with van der Waals surface area (Å²) in [5, 5.41) is 0. The Morgan fingerprint density at radius 1 is 1.06 bits per heavy atom. The van der Waals surface area contributed by atoms with Crippen molar-refractivity contribution in [3.05, 3.63) is 0 Å². The minimum Gasteiger partial charge on any atom is -0.306 e. The molecule has 2 saturated heterocycles. The maximum atomic E-state index is 2.71. The van der Waals surface area contributed by atoms with Crippen LogP contribution in [0.25, 0.3) is 0 Å². The quantitative estimate of drug-likeness (QED) is 0.726. The van der Waals surface area contributed by atoms with Gasteiger partial charge in [0.1, 0.15) is 0 Å². The third kappa shape index (κ3) is 3.21. The second kappa shape index (κ2) is 5.50. The van der Waals surface area contributed by atoms with Crippen LogP contribution in [-0.4, -0.2) is 49.6 Å².